The molecule has 0 aromatic rings. The fourth-order valence-corrected chi connectivity index (χ4v) is 0.919. The van der Waals surface area contributed by atoms with Gasteiger partial charge >= 0.3 is 0 Å². The highest BCUT2D eigenvalue weighted by atomic mass is 28.4. The molecule has 0 saturated heterocycles. The molecule has 0 heterocycles. The van der Waals surface area contributed by atoms with Crippen molar-refractivity contribution in [2.24, 2.45) is 0 Å². The first-order valence-electron chi connectivity index (χ1n) is 3.36. The SMILES string of the molecule is BO[Si](C)(C)C(C)(C)C. The number of rotatable bonds is 1. The van der Waals surface area contributed by atoms with Gasteiger partial charge in [-0.25, -0.2) is 0 Å². The zero-order chi connectivity index (χ0) is 7.71. The molecule has 0 rings (SSSR count). The highest BCUT2D eigenvalue weighted by Crippen LogP contribution is 2.35. The molecule has 0 aliphatic carbocycles. The van der Waals surface area contributed by atoms with E-state index in [1.165, 1.54) is 0 Å². The summed E-state index contributed by atoms with van der Waals surface area (Å²) in [5, 5.41) is 0.363. The number of hydrogen-bond acceptors (Lipinski definition) is 1. The van der Waals surface area contributed by atoms with E-state index in [0.717, 1.165) is 0 Å². The van der Waals surface area contributed by atoms with Crippen molar-refractivity contribution < 1.29 is 4.34 Å². The van der Waals surface area contributed by atoms with Crippen LogP contribution in [-0.4, -0.2) is 16.4 Å². The first-order chi connectivity index (χ1) is 3.81. The van der Waals surface area contributed by atoms with E-state index >= 15 is 0 Å². The smallest absolute Gasteiger partial charge is 0.242 e. The lowest BCUT2D eigenvalue weighted by molar-refractivity contribution is 0.530. The molecule has 0 bridgehead atoms. The Labute approximate surface area is 60.4 Å². The van der Waals surface area contributed by atoms with Gasteiger partial charge in [0.15, 0.2) is 8.32 Å². The molecule has 0 aliphatic rings. The summed E-state index contributed by atoms with van der Waals surface area (Å²) in [6.45, 7) is 11.2. The van der Waals surface area contributed by atoms with E-state index in [2.05, 4.69) is 33.9 Å². The zero-order valence-electron chi connectivity index (χ0n) is 7.41. The van der Waals surface area contributed by atoms with E-state index in [9.17, 15) is 0 Å². The molecule has 0 aromatic carbocycles. The minimum atomic E-state index is -1.38. The molecule has 0 spiro atoms. The first kappa shape index (κ1) is 9.24. The van der Waals surface area contributed by atoms with Crippen LogP contribution in [0.15, 0.2) is 0 Å². The van der Waals surface area contributed by atoms with Gasteiger partial charge in [-0.2, -0.15) is 0 Å². The fraction of sp³-hybridized carbons (Fsp3) is 1.00. The Kier molecular flexibility index (Phi) is 2.53. The summed E-state index contributed by atoms with van der Waals surface area (Å²) in [6, 6.07) is 0. The number of hydrogen-bond donors (Lipinski definition) is 0. The molecule has 0 amide bonds. The van der Waals surface area contributed by atoms with Crippen molar-refractivity contribution >= 4 is 16.4 Å². The van der Waals surface area contributed by atoms with Gasteiger partial charge in [0.1, 0.15) is 0 Å². The van der Waals surface area contributed by atoms with Crippen molar-refractivity contribution in [1.82, 2.24) is 0 Å². The highest BCUT2D eigenvalue weighted by molar-refractivity contribution is 6.76. The van der Waals surface area contributed by atoms with Crippen LogP contribution >= 0.6 is 0 Å². The van der Waals surface area contributed by atoms with E-state index in [0.29, 0.717) is 5.04 Å². The van der Waals surface area contributed by atoms with Crippen LogP contribution in [-0.2, 0) is 4.34 Å². The van der Waals surface area contributed by atoms with Crippen LogP contribution in [0.1, 0.15) is 20.8 Å². The molecule has 9 heavy (non-hydrogen) atoms. The lowest BCUT2D eigenvalue weighted by atomic mass is 10.2. The molecule has 54 valence electrons. The normalized spacial score (nSPS) is 13.9. The summed E-state index contributed by atoms with van der Waals surface area (Å²) in [4.78, 5) is 0. The van der Waals surface area contributed by atoms with E-state index in [-0.39, 0.29) is 0 Å². The van der Waals surface area contributed by atoms with Crippen LogP contribution in [0.3, 0.4) is 0 Å². The molecule has 0 radical (unpaired) electrons. The minimum absolute atomic E-state index is 0.363. The van der Waals surface area contributed by atoms with Crippen LogP contribution in [0.25, 0.3) is 0 Å². The molecule has 0 aliphatic heterocycles. The Morgan fingerprint density at radius 3 is 1.56 bits per heavy atom. The summed E-state index contributed by atoms with van der Waals surface area (Å²) in [6.07, 6.45) is 0. The largest absolute Gasteiger partial charge is 0.482 e. The Hall–Kier alpha value is 0.242. The second-order valence-corrected chi connectivity index (χ2v) is 8.89. The minimum Gasteiger partial charge on any atom is -0.482 e. The first-order valence-corrected chi connectivity index (χ1v) is 6.27. The van der Waals surface area contributed by atoms with Gasteiger partial charge in [-0.15, -0.1) is 0 Å². The maximum absolute atomic E-state index is 5.44. The molecule has 0 N–H and O–H groups in total. The van der Waals surface area contributed by atoms with Gasteiger partial charge in [0.25, 0.3) is 0 Å². The van der Waals surface area contributed by atoms with Crippen molar-refractivity contribution in [2.75, 3.05) is 0 Å². The molecular formula is C6H17BOSi. The van der Waals surface area contributed by atoms with Gasteiger partial charge in [-0.1, -0.05) is 20.8 Å². The summed E-state index contributed by atoms with van der Waals surface area (Å²) >= 11 is 0. The summed E-state index contributed by atoms with van der Waals surface area (Å²) in [7, 11) is 0.438. The Balaban J connectivity index is 4.14. The standard InChI is InChI=1S/C6H17BOSi/c1-6(2,3)9(4,5)8-7/h7H2,1-5H3. The molecular weight excluding hydrogens is 127 g/mol. The lowest BCUT2D eigenvalue weighted by Gasteiger charge is -2.35. The molecule has 0 unspecified atom stereocenters. The molecule has 0 atom stereocenters. The van der Waals surface area contributed by atoms with Gasteiger partial charge < -0.3 is 4.34 Å². The quantitative estimate of drug-likeness (QED) is 0.507. The monoisotopic (exact) mass is 144 g/mol. The van der Waals surface area contributed by atoms with Gasteiger partial charge in [0.05, 0.1) is 0 Å². The Morgan fingerprint density at radius 1 is 1.22 bits per heavy atom. The van der Waals surface area contributed by atoms with Crippen LogP contribution in [0.2, 0.25) is 18.1 Å². The average Bonchev–Trinajstić information content (AvgIpc) is 1.64. The Morgan fingerprint density at radius 2 is 1.56 bits per heavy atom. The van der Waals surface area contributed by atoms with Gasteiger partial charge in [0.2, 0.25) is 8.05 Å². The van der Waals surface area contributed by atoms with Crippen molar-refractivity contribution in [3.05, 3.63) is 0 Å². The molecule has 0 saturated carbocycles. The lowest BCUT2D eigenvalue weighted by Crippen LogP contribution is -2.39. The molecule has 3 heteroatoms. The van der Waals surface area contributed by atoms with Crippen molar-refractivity contribution in [2.45, 2.75) is 38.9 Å². The predicted molar refractivity (Wildman–Crippen MR) is 46.8 cm³/mol. The van der Waals surface area contributed by atoms with Gasteiger partial charge in [0, 0.05) is 0 Å². The van der Waals surface area contributed by atoms with E-state index in [1.807, 2.05) is 8.05 Å². The summed E-state index contributed by atoms with van der Waals surface area (Å²) < 4.78 is 5.44. The van der Waals surface area contributed by atoms with Gasteiger partial charge in [-0.05, 0) is 18.1 Å². The second kappa shape index (κ2) is 2.47. The van der Waals surface area contributed by atoms with Crippen LogP contribution in [0.4, 0.5) is 0 Å². The van der Waals surface area contributed by atoms with Gasteiger partial charge in [-0.3, -0.25) is 0 Å². The van der Waals surface area contributed by atoms with E-state index in [4.69, 9.17) is 4.34 Å². The van der Waals surface area contributed by atoms with Crippen molar-refractivity contribution in [1.29, 1.82) is 0 Å². The van der Waals surface area contributed by atoms with E-state index < -0.39 is 8.32 Å². The highest BCUT2D eigenvalue weighted by Gasteiger charge is 2.34. The second-order valence-electron chi connectivity index (χ2n) is 3.96. The fourth-order valence-electron chi connectivity index (χ4n) is 0.306. The third-order valence-corrected chi connectivity index (χ3v) is 6.95. The summed E-state index contributed by atoms with van der Waals surface area (Å²) in [5.41, 5.74) is 0. The zero-order valence-corrected chi connectivity index (χ0v) is 8.41. The van der Waals surface area contributed by atoms with Crippen LogP contribution in [0, 0.1) is 0 Å². The molecule has 1 nitrogen and oxygen atoms in total. The molecule has 0 fully saturated rings. The maximum Gasteiger partial charge on any atom is 0.242 e. The average molecular weight is 144 g/mol. The maximum atomic E-state index is 5.44. The van der Waals surface area contributed by atoms with Crippen molar-refractivity contribution in [3.8, 4) is 0 Å². The van der Waals surface area contributed by atoms with Crippen LogP contribution < -0.4 is 0 Å². The van der Waals surface area contributed by atoms with Crippen LogP contribution in [0.5, 0.6) is 0 Å². The third-order valence-electron chi connectivity index (χ3n) is 2.32. The van der Waals surface area contributed by atoms with Crippen molar-refractivity contribution in [3.63, 3.8) is 0 Å². The topological polar surface area (TPSA) is 9.23 Å². The Bertz CT molecular complexity index is 95.7. The van der Waals surface area contributed by atoms with E-state index in [1.54, 1.807) is 0 Å². The third kappa shape index (κ3) is 2.14. The predicted octanol–water partition coefficient (Wildman–Crippen LogP) is 1.56. The molecule has 0 aromatic heterocycles. The summed E-state index contributed by atoms with van der Waals surface area (Å²) in [5.74, 6) is 0.